The molecule has 1 amide bonds. The summed E-state index contributed by atoms with van der Waals surface area (Å²) < 4.78 is 30.7. The molecule has 2 aromatic heterocycles. The number of sulfonamides is 1. The Labute approximate surface area is 184 Å². The Morgan fingerprint density at radius 2 is 1.97 bits per heavy atom. The lowest BCUT2D eigenvalue weighted by Gasteiger charge is -2.04. The Kier molecular flexibility index (Phi) is 5.79. The van der Waals surface area contributed by atoms with Gasteiger partial charge in [0.25, 0.3) is 5.91 Å². The molecule has 0 aliphatic rings. The van der Waals surface area contributed by atoms with Gasteiger partial charge in [-0.2, -0.15) is 0 Å². The largest absolute Gasteiger partial charge is 0.497 e. The van der Waals surface area contributed by atoms with Gasteiger partial charge in [-0.1, -0.05) is 30.3 Å². The van der Waals surface area contributed by atoms with E-state index in [-0.39, 0.29) is 11.4 Å². The molecule has 0 spiro atoms. The Bertz CT molecular complexity index is 1340. The maximum Gasteiger partial charge on any atom is 0.284 e. The summed E-state index contributed by atoms with van der Waals surface area (Å²) in [5, 5.41) is 3.33. The Morgan fingerprint density at radius 3 is 2.68 bits per heavy atom. The van der Waals surface area contributed by atoms with E-state index in [2.05, 4.69) is 9.97 Å². The van der Waals surface area contributed by atoms with Crippen molar-refractivity contribution in [3.8, 4) is 17.0 Å². The van der Waals surface area contributed by atoms with Gasteiger partial charge in [0.1, 0.15) is 11.4 Å². The molecule has 4 aromatic rings. The summed E-state index contributed by atoms with van der Waals surface area (Å²) in [5.74, 6) is -0.129. The monoisotopic (exact) mass is 455 g/mol. The average molecular weight is 456 g/mol. The number of aromatic nitrogens is 2. The van der Waals surface area contributed by atoms with E-state index in [9.17, 15) is 13.2 Å². The van der Waals surface area contributed by atoms with Crippen LogP contribution in [0, 0.1) is 0 Å². The van der Waals surface area contributed by atoms with Crippen LogP contribution in [-0.2, 0) is 16.4 Å². The molecule has 0 aliphatic carbocycles. The number of nitrogens with zero attached hydrogens (tertiary/aromatic N) is 1. The van der Waals surface area contributed by atoms with Gasteiger partial charge in [-0.25, -0.2) is 18.1 Å². The number of amides is 1. The number of ether oxygens (including phenoxy) is 1. The van der Waals surface area contributed by atoms with Crippen molar-refractivity contribution in [1.29, 1.82) is 0 Å². The molecule has 2 N–H and O–H groups in total. The van der Waals surface area contributed by atoms with Crippen LogP contribution in [0.5, 0.6) is 5.75 Å². The lowest BCUT2D eigenvalue weighted by molar-refractivity contribution is 0.0977. The van der Waals surface area contributed by atoms with Crippen molar-refractivity contribution in [2.75, 3.05) is 12.9 Å². The highest BCUT2D eigenvalue weighted by Crippen LogP contribution is 2.34. The first kappa shape index (κ1) is 21.1. The molecule has 160 valence electrons. The minimum absolute atomic E-state index is 0.0970. The topological polar surface area (TPSA) is 101 Å². The maximum atomic E-state index is 12.2. The number of rotatable bonds is 7. The standard InChI is InChI=1S/C22H21N3O4S2/c1-3-31(27,28)25-22(26)19-13-30-20(23-19)12-17-16-10-9-15(29-2)11-18(16)24-21(17)14-7-5-4-6-8-14/h4-11,13,24H,3,12H2,1-2H3,(H,25,26). The Balaban J connectivity index is 1.71. The molecule has 0 atom stereocenters. The number of fused-ring (bicyclic) bond motifs is 1. The van der Waals surface area contributed by atoms with E-state index in [0.717, 1.165) is 33.5 Å². The summed E-state index contributed by atoms with van der Waals surface area (Å²) in [6, 6.07) is 15.8. The zero-order valence-corrected chi connectivity index (χ0v) is 18.6. The third-order valence-corrected chi connectivity index (χ3v) is 7.02. The van der Waals surface area contributed by atoms with Gasteiger partial charge in [0, 0.05) is 28.8 Å². The van der Waals surface area contributed by atoms with E-state index in [4.69, 9.17) is 4.74 Å². The van der Waals surface area contributed by atoms with Crippen molar-refractivity contribution in [1.82, 2.24) is 14.7 Å². The third-order valence-electron chi connectivity index (χ3n) is 4.92. The fraction of sp³-hybridized carbons (Fsp3) is 0.182. The first-order valence-electron chi connectivity index (χ1n) is 9.63. The number of hydrogen-bond acceptors (Lipinski definition) is 6. The van der Waals surface area contributed by atoms with E-state index in [1.165, 1.54) is 18.3 Å². The number of carbonyl (C=O) groups excluding carboxylic acids is 1. The molecule has 0 aliphatic heterocycles. The Hall–Kier alpha value is -3.17. The van der Waals surface area contributed by atoms with Crippen LogP contribution in [-0.4, -0.2) is 37.2 Å². The van der Waals surface area contributed by atoms with Crippen LogP contribution in [0.1, 0.15) is 28.0 Å². The zero-order chi connectivity index (χ0) is 22.0. The van der Waals surface area contributed by atoms with Crippen LogP contribution >= 0.6 is 11.3 Å². The molecule has 0 saturated carbocycles. The van der Waals surface area contributed by atoms with Crippen LogP contribution < -0.4 is 9.46 Å². The smallest absolute Gasteiger partial charge is 0.284 e. The van der Waals surface area contributed by atoms with Crippen LogP contribution in [0.2, 0.25) is 0 Å². The second-order valence-electron chi connectivity index (χ2n) is 6.89. The number of thiazole rings is 1. The van der Waals surface area contributed by atoms with E-state index >= 15 is 0 Å². The number of nitrogens with one attached hydrogen (secondary N) is 2. The van der Waals surface area contributed by atoms with Gasteiger partial charge >= 0.3 is 0 Å². The summed E-state index contributed by atoms with van der Waals surface area (Å²) in [5.41, 5.74) is 4.10. The minimum Gasteiger partial charge on any atom is -0.497 e. The molecular weight excluding hydrogens is 434 g/mol. The molecule has 0 saturated heterocycles. The third kappa shape index (κ3) is 4.47. The van der Waals surface area contributed by atoms with Gasteiger partial charge in [-0.05, 0) is 30.2 Å². The van der Waals surface area contributed by atoms with Crippen molar-refractivity contribution in [2.24, 2.45) is 0 Å². The van der Waals surface area contributed by atoms with Crippen LogP contribution in [0.3, 0.4) is 0 Å². The predicted octanol–water partition coefficient (Wildman–Crippen LogP) is 3.97. The molecule has 0 fully saturated rings. The van der Waals surface area contributed by atoms with Gasteiger partial charge in [0.15, 0.2) is 0 Å². The highest BCUT2D eigenvalue weighted by atomic mass is 32.2. The van der Waals surface area contributed by atoms with E-state index in [1.54, 1.807) is 12.5 Å². The highest BCUT2D eigenvalue weighted by Gasteiger charge is 2.19. The number of H-pyrrole nitrogens is 1. The molecule has 31 heavy (non-hydrogen) atoms. The molecule has 0 unspecified atom stereocenters. The maximum absolute atomic E-state index is 12.2. The number of methoxy groups -OCH3 is 1. The second kappa shape index (κ2) is 8.52. The van der Waals surface area contributed by atoms with Crippen molar-refractivity contribution >= 4 is 38.2 Å². The quantitative estimate of drug-likeness (QED) is 0.439. The lowest BCUT2D eigenvalue weighted by atomic mass is 10.0. The number of hydrogen-bond donors (Lipinski definition) is 2. The summed E-state index contributed by atoms with van der Waals surface area (Å²) >= 11 is 1.32. The van der Waals surface area contributed by atoms with Gasteiger partial charge < -0.3 is 9.72 Å². The lowest BCUT2D eigenvalue weighted by Crippen LogP contribution is -2.31. The molecular formula is C22H21N3O4S2. The SMILES string of the molecule is CCS(=O)(=O)NC(=O)c1csc(Cc2c(-c3ccccc3)[nH]c3cc(OC)ccc23)n1. The van der Waals surface area contributed by atoms with Crippen molar-refractivity contribution in [3.63, 3.8) is 0 Å². The summed E-state index contributed by atoms with van der Waals surface area (Å²) in [6.45, 7) is 1.47. The molecule has 2 heterocycles. The summed E-state index contributed by atoms with van der Waals surface area (Å²) in [4.78, 5) is 20.1. The van der Waals surface area contributed by atoms with Gasteiger partial charge in [-0.3, -0.25) is 4.79 Å². The van der Waals surface area contributed by atoms with Crippen molar-refractivity contribution in [3.05, 3.63) is 70.2 Å². The molecule has 4 rings (SSSR count). The summed E-state index contributed by atoms with van der Waals surface area (Å²) in [6.07, 6.45) is 0.495. The zero-order valence-electron chi connectivity index (χ0n) is 17.0. The number of carbonyl (C=O) groups is 1. The van der Waals surface area contributed by atoms with Crippen LogP contribution in [0.4, 0.5) is 0 Å². The summed E-state index contributed by atoms with van der Waals surface area (Å²) in [7, 11) is -2.01. The molecule has 0 bridgehead atoms. The molecule has 7 nitrogen and oxygen atoms in total. The Morgan fingerprint density at radius 1 is 1.19 bits per heavy atom. The molecule has 2 aromatic carbocycles. The average Bonchev–Trinajstić information content (AvgIpc) is 3.39. The van der Waals surface area contributed by atoms with Gasteiger partial charge in [0.05, 0.1) is 23.6 Å². The first-order valence-corrected chi connectivity index (χ1v) is 12.2. The van der Waals surface area contributed by atoms with Crippen molar-refractivity contribution < 1.29 is 17.9 Å². The first-order chi connectivity index (χ1) is 14.9. The van der Waals surface area contributed by atoms with Gasteiger partial charge in [0.2, 0.25) is 10.0 Å². The fourth-order valence-corrected chi connectivity index (χ4v) is 4.63. The van der Waals surface area contributed by atoms with E-state index < -0.39 is 15.9 Å². The fourth-order valence-electron chi connectivity index (χ4n) is 3.31. The molecule has 0 radical (unpaired) electrons. The van der Waals surface area contributed by atoms with Crippen molar-refractivity contribution in [2.45, 2.75) is 13.3 Å². The predicted molar refractivity (Wildman–Crippen MR) is 122 cm³/mol. The van der Waals surface area contributed by atoms with E-state index in [0.29, 0.717) is 11.4 Å². The van der Waals surface area contributed by atoms with Gasteiger partial charge in [-0.15, -0.1) is 11.3 Å². The van der Waals surface area contributed by atoms with Crippen LogP contribution in [0.25, 0.3) is 22.2 Å². The molecule has 9 heteroatoms. The van der Waals surface area contributed by atoms with E-state index in [1.807, 2.05) is 53.3 Å². The number of benzene rings is 2. The highest BCUT2D eigenvalue weighted by molar-refractivity contribution is 7.90. The second-order valence-corrected chi connectivity index (χ2v) is 9.85. The number of aromatic amines is 1. The minimum atomic E-state index is -3.64. The van der Waals surface area contributed by atoms with Crippen LogP contribution in [0.15, 0.2) is 53.9 Å². The normalized spacial score (nSPS) is 11.5.